The number of carbonyl (C=O) groups excluding carboxylic acids is 2. The number of nitrogens with one attached hydrogen (secondary N) is 1. The van der Waals surface area contributed by atoms with Gasteiger partial charge < -0.3 is 10.2 Å². The summed E-state index contributed by atoms with van der Waals surface area (Å²) in [6.45, 7) is 0.720. The first-order valence-corrected chi connectivity index (χ1v) is 9.59. The molecule has 1 aliphatic heterocycles. The van der Waals surface area contributed by atoms with Crippen LogP contribution in [0.4, 0.5) is 15.8 Å². The number of nitrogens with zero attached hydrogens (tertiary/aromatic N) is 1. The van der Waals surface area contributed by atoms with Crippen molar-refractivity contribution in [3.63, 3.8) is 0 Å². The Morgan fingerprint density at radius 1 is 1.07 bits per heavy atom. The third-order valence-corrected chi connectivity index (χ3v) is 5.51. The highest BCUT2D eigenvalue weighted by Crippen LogP contribution is 2.34. The fraction of sp³-hybridized carbons (Fsp3) is 0.364. The summed E-state index contributed by atoms with van der Waals surface area (Å²) in [7, 11) is 0. The first-order chi connectivity index (χ1) is 13.1. The van der Waals surface area contributed by atoms with E-state index in [0.717, 1.165) is 61.2 Å². The van der Waals surface area contributed by atoms with Gasteiger partial charge in [0.2, 0.25) is 11.8 Å². The number of anilines is 2. The van der Waals surface area contributed by atoms with Crippen LogP contribution in [0.25, 0.3) is 0 Å². The molecule has 1 fully saturated rings. The number of amides is 2. The van der Waals surface area contributed by atoms with Gasteiger partial charge in [-0.3, -0.25) is 9.59 Å². The Labute approximate surface area is 158 Å². The lowest BCUT2D eigenvalue weighted by Gasteiger charge is -2.21. The van der Waals surface area contributed by atoms with Crippen molar-refractivity contribution in [1.29, 1.82) is 0 Å². The smallest absolute Gasteiger partial charge is 0.230 e. The van der Waals surface area contributed by atoms with Crippen LogP contribution in [-0.4, -0.2) is 18.4 Å². The largest absolute Gasteiger partial charge is 0.326 e. The summed E-state index contributed by atoms with van der Waals surface area (Å²) in [4.78, 5) is 26.9. The second kappa shape index (κ2) is 7.51. The van der Waals surface area contributed by atoms with Gasteiger partial charge in [0.15, 0.2) is 0 Å². The first kappa shape index (κ1) is 17.7. The lowest BCUT2D eigenvalue weighted by Crippen LogP contribution is -2.33. The van der Waals surface area contributed by atoms with Crippen molar-refractivity contribution in [2.24, 2.45) is 5.92 Å². The fourth-order valence-electron chi connectivity index (χ4n) is 4.09. The molecule has 2 aliphatic rings. The molecule has 1 N–H and O–H groups in total. The third kappa shape index (κ3) is 3.87. The van der Waals surface area contributed by atoms with Gasteiger partial charge in [0.05, 0.1) is 6.42 Å². The Morgan fingerprint density at radius 2 is 1.81 bits per heavy atom. The van der Waals surface area contributed by atoms with E-state index in [1.807, 2.05) is 23.1 Å². The summed E-state index contributed by atoms with van der Waals surface area (Å²) in [6, 6.07) is 11.7. The Balaban J connectivity index is 1.41. The van der Waals surface area contributed by atoms with E-state index in [1.165, 1.54) is 12.1 Å². The summed E-state index contributed by atoms with van der Waals surface area (Å²) < 4.78 is 13.0. The zero-order valence-electron chi connectivity index (χ0n) is 15.2. The van der Waals surface area contributed by atoms with Crippen LogP contribution in [0, 0.1) is 11.7 Å². The van der Waals surface area contributed by atoms with Crippen molar-refractivity contribution < 1.29 is 14.0 Å². The number of halogens is 1. The molecule has 2 amide bonds. The highest BCUT2D eigenvalue weighted by Gasteiger charge is 2.31. The highest BCUT2D eigenvalue weighted by atomic mass is 19.1. The molecule has 0 bridgehead atoms. The van der Waals surface area contributed by atoms with E-state index in [-0.39, 0.29) is 30.0 Å². The molecule has 27 heavy (non-hydrogen) atoms. The summed E-state index contributed by atoms with van der Waals surface area (Å²) in [5.74, 6) is -0.0293. The number of carbonyl (C=O) groups is 2. The van der Waals surface area contributed by atoms with Crippen LogP contribution in [0.5, 0.6) is 0 Å². The van der Waals surface area contributed by atoms with Crippen LogP contribution in [0.15, 0.2) is 42.5 Å². The fourth-order valence-corrected chi connectivity index (χ4v) is 4.09. The summed E-state index contributed by atoms with van der Waals surface area (Å²) >= 11 is 0. The molecule has 1 aliphatic carbocycles. The molecular formula is C22H23FN2O2. The van der Waals surface area contributed by atoms with Gasteiger partial charge in [-0.05, 0) is 60.7 Å². The highest BCUT2D eigenvalue weighted by molar-refractivity contribution is 5.98. The molecular weight excluding hydrogens is 343 g/mol. The van der Waals surface area contributed by atoms with E-state index in [1.54, 1.807) is 12.1 Å². The standard InChI is InChI=1S/C22H23FN2O2/c23-18-7-5-15(6-8-18)13-21(26)24-19-9-10-20-17(14-19)11-12-25(20)22(27)16-3-1-2-4-16/h5-10,14,16H,1-4,11-13H2,(H,24,26). The van der Waals surface area contributed by atoms with Crippen LogP contribution in [-0.2, 0) is 22.4 Å². The second-order valence-electron chi connectivity index (χ2n) is 7.42. The van der Waals surface area contributed by atoms with Crippen molar-refractivity contribution in [1.82, 2.24) is 0 Å². The lowest BCUT2D eigenvalue weighted by molar-refractivity contribution is -0.122. The monoisotopic (exact) mass is 366 g/mol. The van der Waals surface area contributed by atoms with E-state index in [0.29, 0.717) is 0 Å². The summed E-state index contributed by atoms with van der Waals surface area (Å²) in [5.41, 5.74) is 3.57. The van der Waals surface area contributed by atoms with E-state index < -0.39 is 0 Å². The van der Waals surface area contributed by atoms with Crippen LogP contribution in [0.2, 0.25) is 0 Å². The predicted octanol–water partition coefficient (Wildman–Crippen LogP) is 4.09. The number of fused-ring (bicyclic) bond motifs is 1. The number of benzene rings is 2. The van der Waals surface area contributed by atoms with Gasteiger partial charge in [-0.15, -0.1) is 0 Å². The van der Waals surface area contributed by atoms with Crippen molar-refractivity contribution in [2.75, 3.05) is 16.8 Å². The molecule has 4 nitrogen and oxygen atoms in total. The molecule has 1 saturated carbocycles. The number of rotatable bonds is 4. The molecule has 2 aromatic rings. The first-order valence-electron chi connectivity index (χ1n) is 9.59. The van der Waals surface area contributed by atoms with E-state index in [4.69, 9.17) is 0 Å². The minimum atomic E-state index is -0.311. The molecule has 1 heterocycles. The summed E-state index contributed by atoms with van der Waals surface area (Å²) in [5, 5.41) is 2.90. The molecule has 0 unspecified atom stereocenters. The maximum Gasteiger partial charge on any atom is 0.230 e. The van der Waals surface area contributed by atoms with Crippen LogP contribution in [0.1, 0.15) is 36.8 Å². The SMILES string of the molecule is O=C(Cc1ccc(F)cc1)Nc1ccc2c(c1)CCN2C(=O)C1CCCC1. The zero-order chi connectivity index (χ0) is 18.8. The molecule has 140 valence electrons. The Kier molecular flexibility index (Phi) is 4.92. The molecule has 0 spiro atoms. The molecule has 5 heteroatoms. The van der Waals surface area contributed by atoms with Crippen molar-refractivity contribution in [2.45, 2.75) is 38.5 Å². The van der Waals surface area contributed by atoms with E-state index in [9.17, 15) is 14.0 Å². The minimum Gasteiger partial charge on any atom is -0.326 e. The number of hydrogen-bond donors (Lipinski definition) is 1. The van der Waals surface area contributed by atoms with Crippen molar-refractivity contribution in [3.8, 4) is 0 Å². The molecule has 4 rings (SSSR count). The minimum absolute atomic E-state index is 0.140. The molecule has 0 aromatic heterocycles. The van der Waals surface area contributed by atoms with Gasteiger partial charge in [-0.25, -0.2) is 4.39 Å². The van der Waals surface area contributed by atoms with Gasteiger partial charge in [0.25, 0.3) is 0 Å². The Bertz CT molecular complexity index is 857. The van der Waals surface area contributed by atoms with Gasteiger partial charge in [-0.1, -0.05) is 25.0 Å². The second-order valence-corrected chi connectivity index (χ2v) is 7.42. The van der Waals surface area contributed by atoms with Gasteiger partial charge in [0.1, 0.15) is 5.82 Å². The molecule has 0 saturated heterocycles. The summed E-state index contributed by atoms with van der Waals surface area (Å²) in [6.07, 6.45) is 5.32. The number of hydrogen-bond acceptors (Lipinski definition) is 2. The van der Waals surface area contributed by atoms with Gasteiger partial charge in [0, 0.05) is 23.8 Å². The quantitative estimate of drug-likeness (QED) is 0.886. The topological polar surface area (TPSA) is 49.4 Å². The van der Waals surface area contributed by atoms with Crippen molar-refractivity contribution in [3.05, 3.63) is 59.4 Å². The molecule has 0 radical (unpaired) electrons. The van der Waals surface area contributed by atoms with Gasteiger partial charge in [-0.2, -0.15) is 0 Å². The van der Waals surface area contributed by atoms with Gasteiger partial charge >= 0.3 is 0 Å². The molecule has 0 atom stereocenters. The van der Waals surface area contributed by atoms with E-state index >= 15 is 0 Å². The normalized spacial score (nSPS) is 16.4. The predicted molar refractivity (Wildman–Crippen MR) is 103 cm³/mol. The van der Waals surface area contributed by atoms with Crippen LogP contribution in [0.3, 0.4) is 0 Å². The van der Waals surface area contributed by atoms with Crippen LogP contribution < -0.4 is 10.2 Å². The Hall–Kier alpha value is -2.69. The average molecular weight is 366 g/mol. The lowest BCUT2D eigenvalue weighted by atomic mass is 10.1. The van der Waals surface area contributed by atoms with Crippen molar-refractivity contribution >= 4 is 23.2 Å². The maximum atomic E-state index is 13.0. The third-order valence-electron chi connectivity index (χ3n) is 5.51. The van der Waals surface area contributed by atoms with Crippen LogP contribution >= 0.6 is 0 Å². The maximum absolute atomic E-state index is 13.0. The van der Waals surface area contributed by atoms with E-state index in [2.05, 4.69) is 5.32 Å². The zero-order valence-corrected chi connectivity index (χ0v) is 15.2. The molecule has 2 aromatic carbocycles. The Morgan fingerprint density at radius 3 is 2.56 bits per heavy atom. The average Bonchev–Trinajstić information content (AvgIpc) is 3.32.